The molecule has 2 aliphatic heterocycles. The van der Waals surface area contributed by atoms with Crippen molar-refractivity contribution in [2.75, 3.05) is 37.5 Å². The van der Waals surface area contributed by atoms with Crippen LogP contribution in [0.4, 0.5) is 24.7 Å². The number of benzene rings is 2. The Hall–Kier alpha value is -3.31. The van der Waals surface area contributed by atoms with Gasteiger partial charge in [-0.25, -0.2) is 9.97 Å². The van der Waals surface area contributed by atoms with Crippen LogP contribution in [0.1, 0.15) is 29.9 Å². The van der Waals surface area contributed by atoms with Crippen LogP contribution in [-0.4, -0.2) is 48.6 Å². The molecule has 8 nitrogen and oxygen atoms in total. The fourth-order valence-electron chi connectivity index (χ4n) is 4.24. The van der Waals surface area contributed by atoms with Gasteiger partial charge in [0.1, 0.15) is 24.4 Å². The molecular weight excluding hydrogens is 465 g/mol. The molecule has 1 aromatic heterocycles. The van der Waals surface area contributed by atoms with E-state index in [1.54, 1.807) is 26.0 Å². The Morgan fingerprint density at radius 1 is 1.03 bits per heavy atom. The van der Waals surface area contributed by atoms with E-state index in [0.29, 0.717) is 66.0 Å². The molecular formula is C24H25F3N4O4. The molecule has 1 saturated heterocycles. The van der Waals surface area contributed by atoms with E-state index in [1.807, 2.05) is 0 Å². The standard InChI is InChI=1S/C24H25F3N4O4/c1-12(14-5-15(24(25,26)27)7-16(28)6-14)29-23-17-8-20-19(9-18(17)30-13(2)31-23)33-3-4-34-21-10-32-11-22(21)35-20/h5-9,12,21-22H,3-4,10-11,28H2,1-2H3,(H,29,30,31). The van der Waals surface area contributed by atoms with Gasteiger partial charge in [0.15, 0.2) is 17.6 Å². The third-order valence-corrected chi connectivity index (χ3v) is 5.96. The Kier molecular flexibility index (Phi) is 6.06. The van der Waals surface area contributed by atoms with Gasteiger partial charge in [0, 0.05) is 17.1 Å². The third-order valence-electron chi connectivity index (χ3n) is 5.96. The minimum absolute atomic E-state index is 0.0331. The molecule has 3 atom stereocenters. The number of nitrogens with zero attached hydrogens (tertiary/aromatic N) is 2. The molecule has 1 fully saturated rings. The predicted octanol–water partition coefficient (Wildman–Crippen LogP) is 4.27. The van der Waals surface area contributed by atoms with Gasteiger partial charge in [-0.2, -0.15) is 13.2 Å². The van der Waals surface area contributed by atoms with Crippen LogP contribution in [0.5, 0.6) is 11.5 Å². The van der Waals surface area contributed by atoms with Crippen molar-refractivity contribution < 1.29 is 32.1 Å². The number of nitrogen functional groups attached to an aromatic ring is 1. The highest BCUT2D eigenvalue weighted by molar-refractivity contribution is 5.92. The number of ether oxygens (including phenoxy) is 4. The molecule has 0 aliphatic carbocycles. The number of halogens is 3. The number of fused-ring (bicyclic) bond motifs is 3. The molecule has 2 aromatic carbocycles. The maximum Gasteiger partial charge on any atom is 0.416 e. The lowest BCUT2D eigenvalue weighted by Crippen LogP contribution is -2.32. The predicted molar refractivity (Wildman–Crippen MR) is 123 cm³/mol. The van der Waals surface area contributed by atoms with Crippen molar-refractivity contribution in [2.24, 2.45) is 0 Å². The molecule has 0 radical (unpaired) electrons. The summed E-state index contributed by atoms with van der Waals surface area (Å²) < 4.78 is 63.3. The fraction of sp³-hybridized carbons (Fsp3) is 0.417. The number of aromatic nitrogens is 2. The first-order valence-electron chi connectivity index (χ1n) is 11.2. The number of aryl methyl sites for hydroxylation is 1. The van der Waals surface area contributed by atoms with Crippen molar-refractivity contribution in [1.82, 2.24) is 9.97 Å². The molecule has 35 heavy (non-hydrogen) atoms. The maximum atomic E-state index is 13.3. The van der Waals surface area contributed by atoms with E-state index in [0.717, 1.165) is 12.1 Å². The first-order chi connectivity index (χ1) is 16.7. The summed E-state index contributed by atoms with van der Waals surface area (Å²) >= 11 is 0. The van der Waals surface area contributed by atoms with Gasteiger partial charge in [-0.05, 0) is 43.7 Å². The third kappa shape index (κ3) is 4.92. The van der Waals surface area contributed by atoms with Crippen molar-refractivity contribution in [3.05, 3.63) is 47.3 Å². The summed E-state index contributed by atoms with van der Waals surface area (Å²) in [5, 5.41) is 3.86. The van der Waals surface area contributed by atoms with Crippen LogP contribution in [-0.2, 0) is 15.7 Å². The van der Waals surface area contributed by atoms with Crippen molar-refractivity contribution in [3.8, 4) is 11.5 Å². The first-order valence-corrected chi connectivity index (χ1v) is 11.2. The highest BCUT2D eigenvalue weighted by atomic mass is 19.4. The average molecular weight is 490 g/mol. The molecule has 0 amide bonds. The molecule has 0 spiro atoms. The summed E-state index contributed by atoms with van der Waals surface area (Å²) in [6, 6.07) is 6.54. The summed E-state index contributed by atoms with van der Waals surface area (Å²) in [6.45, 7) is 5.07. The molecule has 11 heteroatoms. The van der Waals surface area contributed by atoms with Gasteiger partial charge in [-0.1, -0.05) is 0 Å². The SMILES string of the molecule is Cc1nc(NC(C)c2cc(N)cc(C(F)(F)F)c2)c2cc3c(cc2n1)OCCOC1COCC1O3. The lowest BCUT2D eigenvalue weighted by molar-refractivity contribution is -0.137. The zero-order valence-electron chi connectivity index (χ0n) is 19.2. The van der Waals surface area contributed by atoms with Gasteiger partial charge in [0.25, 0.3) is 0 Å². The van der Waals surface area contributed by atoms with Crippen LogP contribution in [0, 0.1) is 6.92 Å². The summed E-state index contributed by atoms with van der Waals surface area (Å²) in [7, 11) is 0. The molecule has 3 aromatic rings. The highest BCUT2D eigenvalue weighted by Crippen LogP contribution is 2.38. The van der Waals surface area contributed by atoms with E-state index < -0.39 is 17.8 Å². The number of rotatable bonds is 3. The van der Waals surface area contributed by atoms with Crippen LogP contribution in [0.25, 0.3) is 10.9 Å². The Morgan fingerprint density at radius 2 is 1.83 bits per heavy atom. The normalized spacial score (nSPS) is 21.1. The lowest BCUT2D eigenvalue weighted by atomic mass is 10.0. The smallest absolute Gasteiger partial charge is 0.416 e. The molecule has 0 bridgehead atoms. The van der Waals surface area contributed by atoms with E-state index in [9.17, 15) is 13.2 Å². The second-order valence-electron chi connectivity index (χ2n) is 8.64. The lowest BCUT2D eigenvalue weighted by Gasteiger charge is -2.21. The highest BCUT2D eigenvalue weighted by Gasteiger charge is 2.33. The Labute approximate surface area is 199 Å². The zero-order valence-corrected chi connectivity index (χ0v) is 19.2. The van der Waals surface area contributed by atoms with Gasteiger partial charge in [0.05, 0.1) is 36.9 Å². The van der Waals surface area contributed by atoms with E-state index in [2.05, 4.69) is 15.3 Å². The van der Waals surface area contributed by atoms with Gasteiger partial charge in [-0.3, -0.25) is 0 Å². The van der Waals surface area contributed by atoms with E-state index in [1.165, 1.54) is 6.07 Å². The molecule has 3 unspecified atom stereocenters. The topological polar surface area (TPSA) is 101 Å². The Bertz CT molecular complexity index is 1250. The molecule has 3 heterocycles. The summed E-state index contributed by atoms with van der Waals surface area (Å²) in [5.41, 5.74) is 5.98. The second-order valence-corrected chi connectivity index (χ2v) is 8.64. The minimum atomic E-state index is -4.50. The molecule has 186 valence electrons. The maximum absolute atomic E-state index is 13.3. The molecule has 3 N–H and O–H groups in total. The van der Waals surface area contributed by atoms with Crippen molar-refractivity contribution in [2.45, 2.75) is 38.3 Å². The van der Waals surface area contributed by atoms with Gasteiger partial charge in [0.2, 0.25) is 0 Å². The van der Waals surface area contributed by atoms with Crippen LogP contribution in [0.3, 0.4) is 0 Å². The number of hydrogen-bond donors (Lipinski definition) is 2. The second kappa shape index (κ2) is 9.04. The number of nitrogens with two attached hydrogens (primary N) is 1. The monoisotopic (exact) mass is 490 g/mol. The summed E-state index contributed by atoms with van der Waals surface area (Å²) in [4.78, 5) is 9.03. The van der Waals surface area contributed by atoms with Gasteiger partial charge in [-0.15, -0.1) is 0 Å². The van der Waals surface area contributed by atoms with Crippen LogP contribution in [0.15, 0.2) is 30.3 Å². The first kappa shape index (κ1) is 23.4. The Morgan fingerprint density at radius 3 is 2.63 bits per heavy atom. The largest absolute Gasteiger partial charge is 0.487 e. The fourth-order valence-corrected chi connectivity index (χ4v) is 4.24. The van der Waals surface area contributed by atoms with Crippen LogP contribution < -0.4 is 20.5 Å². The molecule has 2 aliphatic rings. The molecule has 5 rings (SSSR count). The number of hydrogen-bond acceptors (Lipinski definition) is 8. The van der Waals surface area contributed by atoms with Crippen molar-refractivity contribution in [3.63, 3.8) is 0 Å². The average Bonchev–Trinajstić information content (AvgIpc) is 3.24. The van der Waals surface area contributed by atoms with Crippen LogP contribution in [0.2, 0.25) is 0 Å². The van der Waals surface area contributed by atoms with E-state index in [4.69, 9.17) is 24.7 Å². The Balaban J connectivity index is 1.52. The summed E-state index contributed by atoms with van der Waals surface area (Å²) in [5.74, 6) is 1.97. The number of anilines is 2. The van der Waals surface area contributed by atoms with Crippen LogP contribution >= 0.6 is 0 Å². The minimum Gasteiger partial charge on any atom is -0.487 e. The quantitative estimate of drug-likeness (QED) is 0.525. The van der Waals surface area contributed by atoms with E-state index in [-0.39, 0.29) is 17.9 Å². The zero-order chi connectivity index (χ0) is 24.7. The van der Waals surface area contributed by atoms with Gasteiger partial charge < -0.3 is 30.0 Å². The van der Waals surface area contributed by atoms with Crippen molar-refractivity contribution >= 4 is 22.4 Å². The van der Waals surface area contributed by atoms with E-state index >= 15 is 0 Å². The van der Waals surface area contributed by atoms with Crippen molar-refractivity contribution in [1.29, 1.82) is 0 Å². The van der Waals surface area contributed by atoms with Gasteiger partial charge >= 0.3 is 6.18 Å². The summed E-state index contributed by atoms with van der Waals surface area (Å²) in [6.07, 6.45) is -4.99. The number of alkyl halides is 3. The number of nitrogens with one attached hydrogen (secondary N) is 1. The molecule has 0 saturated carbocycles.